The second-order valence-electron chi connectivity index (χ2n) is 0.224. The zero-order valence-electron chi connectivity index (χ0n) is 5.09. The monoisotopic (exact) mass is 170 g/mol. The first kappa shape index (κ1) is 35.1. The Kier molecular flexibility index (Phi) is 106. The minimum atomic E-state index is -1.75. The van der Waals surface area contributed by atoms with E-state index in [4.69, 9.17) is 15.3 Å². The molecule has 0 rings (SSSR count). The van der Waals surface area contributed by atoms with Gasteiger partial charge in [-0.05, 0) is 0 Å². The predicted molar refractivity (Wildman–Crippen MR) is 38.2 cm³/mol. The van der Waals surface area contributed by atoms with E-state index in [1.165, 1.54) is 0 Å². The predicted octanol–water partition coefficient (Wildman–Crippen LogP) is -0.0236. The molecule has 0 amide bonds. The fourth-order valence-electron chi connectivity index (χ4n) is 0. The molecule has 0 saturated heterocycles. The topological polar surface area (TPSA) is 138 Å². The van der Waals surface area contributed by atoms with Gasteiger partial charge in [0.25, 0.3) is 0 Å². The van der Waals surface area contributed by atoms with Crippen molar-refractivity contribution in [1.82, 2.24) is 12.3 Å². The van der Waals surface area contributed by atoms with Crippen LogP contribution in [0.15, 0.2) is 0 Å². The molecule has 0 heterocycles. The third-order valence-corrected chi connectivity index (χ3v) is 0. The van der Waals surface area contributed by atoms with Crippen molar-refractivity contribution in [2.24, 2.45) is 0 Å². The van der Waals surface area contributed by atoms with E-state index in [1.807, 2.05) is 0 Å². The fourth-order valence-corrected chi connectivity index (χ4v) is 0. The van der Waals surface area contributed by atoms with Gasteiger partial charge in [-0.2, -0.15) is 9.90 Å². The van der Waals surface area contributed by atoms with E-state index in [0.717, 1.165) is 0 Å². The molecule has 0 spiro atoms. The summed E-state index contributed by atoms with van der Waals surface area (Å²) in [5, 5.41) is 14.8. The van der Waals surface area contributed by atoms with Crippen molar-refractivity contribution in [2.45, 2.75) is 0 Å². The van der Waals surface area contributed by atoms with E-state index in [-0.39, 0.29) is 73.6 Å². The Labute approximate surface area is 92.7 Å². The summed E-state index contributed by atoms with van der Waals surface area (Å²) in [5.74, 6) is 0. The largest absolute Gasteiger partial charge is 0.369 e. The van der Waals surface area contributed by atoms with Gasteiger partial charge in [-0.25, -0.2) is 0 Å². The Morgan fingerprint density at radius 1 is 1.25 bits per heavy atom. The molecule has 0 aliphatic heterocycles. The summed E-state index contributed by atoms with van der Waals surface area (Å²) in [6, 6.07) is 0. The van der Waals surface area contributed by atoms with Crippen molar-refractivity contribution in [3.63, 3.8) is 0 Å². The van der Waals surface area contributed by atoms with Crippen LogP contribution in [-0.4, -0.2) is 56.5 Å². The third-order valence-electron chi connectivity index (χ3n) is 0. The molecule has 1 atom stereocenters. The summed E-state index contributed by atoms with van der Waals surface area (Å²) >= 11 is 0. The molecule has 0 aromatic carbocycles. The molecule has 6 nitrogen and oxygen atoms in total. The van der Waals surface area contributed by atoms with E-state index in [0.29, 0.717) is 0 Å². The Balaban J connectivity index is -0.00000000750. The van der Waals surface area contributed by atoms with E-state index in [1.54, 1.807) is 0 Å². The fraction of sp³-hybridized carbons (Fsp3) is 0. The van der Waals surface area contributed by atoms with Crippen LogP contribution in [0, 0.1) is 15.3 Å². The molecule has 0 bridgehead atoms. The Bertz CT molecular complexity index is 37.5. The molecule has 8 heavy (non-hydrogen) atoms. The van der Waals surface area contributed by atoms with Gasteiger partial charge in [0, 0.05) is 51.4 Å². The van der Waals surface area contributed by atoms with Crippen LogP contribution in [0.4, 0.5) is 0 Å². The first-order chi connectivity index (χ1) is 1.73. The molecule has 8 heteroatoms. The maximum absolute atomic E-state index is 8.25. The van der Waals surface area contributed by atoms with Crippen LogP contribution in [0.5, 0.6) is 0 Å². The average molecular weight is 170 g/mol. The van der Waals surface area contributed by atoms with Crippen molar-refractivity contribution < 1.29 is 5.09 Å². The van der Waals surface area contributed by atoms with Gasteiger partial charge in [0.2, 0.25) is 0 Å². The molecule has 7 N–H and O–H groups in total. The quantitative estimate of drug-likeness (QED) is 0.228. The minimum Gasteiger partial charge on any atom is -0.369 e. The first-order valence-electron chi connectivity index (χ1n) is 0.548. The van der Waals surface area contributed by atoms with Gasteiger partial charge in [-0.3, -0.25) is 0 Å². The van der Waals surface area contributed by atoms with E-state index >= 15 is 0 Å². The summed E-state index contributed by atoms with van der Waals surface area (Å²) in [5.41, 5.74) is 0. The van der Waals surface area contributed by atoms with Crippen LogP contribution in [-0.2, 0) is 0 Å². The van der Waals surface area contributed by atoms with Crippen molar-refractivity contribution in [2.75, 3.05) is 0 Å². The number of rotatable bonds is 0. The molecule has 0 fully saturated rings. The van der Waals surface area contributed by atoms with Gasteiger partial charge in [0.05, 0.1) is 5.09 Å². The molecule has 0 aromatic heterocycles. The van der Waals surface area contributed by atoms with Crippen molar-refractivity contribution in [3.05, 3.63) is 15.3 Å². The number of quaternary nitrogens is 1. The van der Waals surface area contributed by atoms with Crippen LogP contribution in [0.2, 0.25) is 0 Å². The van der Waals surface area contributed by atoms with Crippen molar-refractivity contribution >= 4 is 61.3 Å². The second kappa shape index (κ2) is 24.1. The maximum Gasteiger partial charge on any atom is 0.0689 e. The summed E-state index contributed by atoms with van der Waals surface area (Å²) < 4.78 is 0. The summed E-state index contributed by atoms with van der Waals surface area (Å²) in [4.78, 5) is 8.25. The van der Waals surface area contributed by atoms with Crippen LogP contribution in [0.25, 0.3) is 0 Å². The summed E-state index contributed by atoms with van der Waals surface area (Å²) in [6.45, 7) is 0. The number of hydrogen-bond acceptors (Lipinski definition) is 4. The molecule has 0 saturated carbocycles. The van der Waals surface area contributed by atoms with E-state index in [9.17, 15) is 0 Å². The zero-order chi connectivity index (χ0) is 3.58. The SMILES string of the molecule is N.O=[N+]([O-])[O-].P.[K].[NH4+]. The third kappa shape index (κ3) is 195. The Morgan fingerprint density at radius 2 is 1.25 bits per heavy atom. The van der Waals surface area contributed by atoms with Crippen LogP contribution in [0.1, 0.15) is 0 Å². The molecule has 1 unspecified atom stereocenters. The van der Waals surface area contributed by atoms with Crippen LogP contribution in [0.3, 0.4) is 0 Å². The second-order valence-corrected chi connectivity index (χ2v) is 0.224. The van der Waals surface area contributed by atoms with Gasteiger partial charge in [0.1, 0.15) is 0 Å². The maximum atomic E-state index is 8.25. The standard InChI is InChI=1S/K.NO3.2H3N.H3P/c;2-1(3)4;;;/h;;3*1H3/q;-1;;;/p+1. The van der Waals surface area contributed by atoms with Crippen LogP contribution < -0.4 is 12.3 Å². The average Bonchev–Trinajstić information content (AvgIpc) is 0.811. The zero-order valence-corrected chi connectivity index (χ0v) is 9.62. The molecule has 0 aliphatic rings. The number of nitrogens with zero attached hydrogens (tertiary/aromatic N) is 1. The Morgan fingerprint density at radius 3 is 1.25 bits per heavy atom. The number of hydrogen-bond donors (Lipinski definition) is 2. The normalized spacial score (nSPS) is 3.00. The van der Waals surface area contributed by atoms with Gasteiger partial charge in [0.15, 0.2) is 0 Å². The molecule has 1 radical (unpaired) electrons. The van der Waals surface area contributed by atoms with Gasteiger partial charge in [-0.1, -0.05) is 0 Å². The first-order valence-corrected chi connectivity index (χ1v) is 0.548. The van der Waals surface area contributed by atoms with E-state index in [2.05, 4.69) is 0 Å². The van der Waals surface area contributed by atoms with Crippen molar-refractivity contribution in [1.29, 1.82) is 0 Å². The van der Waals surface area contributed by atoms with Gasteiger partial charge >= 0.3 is 0 Å². The molecule has 0 aliphatic carbocycles. The van der Waals surface area contributed by atoms with Crippen molar-refractivity contribution in [3.8, 4) is 0 Å². The molecule has 49 valence electrons. The summed E-state index contributed by atoms with van der Waals surface area (Å²) in [7, 11) is 0. The van der Waals surface area contributed by atoms with E-state index < -0.39 is 5.09 Å². The Hall–Kier alpha value is 1.19. The molecule has 0 aromatic rings. The van der Waals surface area contributed by atoms with Crippen LogP contribution >= 0.6 is 9.90 Å². The van der Waals surface area contributed by atoms with Gasteiger partial charge in [-0.15, -0.1) is 0 Å². The summed E-state index contributed by atoms with van der Waals surface area (Å²) in [6.07, 6.45) is 0. The molecular weight excluding hydrogens is 160 g/mol. The van der Waals surface area contributed by atoms with Gasteiger partial charge < -0.3 is 27.6 Å². The molecular formula is H10KN3O3P. The minimum absolute atomic E-state index is 0. The smallest absolute Gasteiger partial charge is 0.0689 e.